The van der Waals surface area contributed by atoms with E-state index in [1.54, 1.807) is 7.11 Å². The van der Waals surface area contributed by atoms with Crippen molar-refractivity contribution in [1.82, 2.24) is 10.1 Å². The summed E-state index contributed by atoms with van der Waals surface area (Å²) >= 11 is 0. The van der Waals surface area contributed by atoms with Gasteiger partial charge in [0.2, 0.25) is 5.82 Å². The van der Waals surface area contributed by atoms with Gasteiger partial charge in [0.25, 0.3) is 5.89 Å². The Labute approximate surface area is 163 Å². The predicted molar refractivity (Wildman–Crippen MR) is 107 cm³/mol. The van der Waals surface area contributed by atoms with Gasteiger partial charge in [-0.1, -0.05) is 59.3 Å². The van der Waals surface area contributed by atoms with Crippen LogP contribution in [0.1, 0.15) is 11.1 Å². The third-order valence-electron chi connectivity index (χ3n) is 4.34. The standard InChI is InChI=1S/C23H20N2O3/c1-16-7-5-8-17(13-16)15-27-19-10-6-9-18(14-19)22-24-23(28-25-22)20-11-3-4-12-21(20)26-2/h3-14H,15H2,1-2H3. The number of hydrogen-bond donors (Lipinski definition) is 0. The first kappa shape index (κ1) is 17.8. The van der Waals surface area contributed by atoms with Gasteiger partial charge >= 0.3 is 0 Å². The Kier molecular flexibility index (Phi) is 5.06. The van der Waals surface area contributed by atoms with E-state index in [1.807, 2.05) is 54.6 Å². The summed E-state index contributed by atoms with van der Waals surface area (Å²) in [5.74, 6) is 2.36. The van der Waals surface area contributed by atoms with Gasteiger partial charge in [-0.05, 0) is 36.8 Å². The van der Waals surface area contributed by atoms with Gasteiger partial charge in [0.05, 0.1) is 12.7 Å². The van der Waals surface area contributed by atoms with Crippen LogP contribution >= 0.6 is 0 Å². The number of para-hydroxylation sites is 1. The monoisotopic (exact) mass is 372 g/mol. The molecule has 0 atom stereocenters. The average Bonchev–Trinajstić information content (AvgIpc) is 3.23. The van der Waals surface area contributed by atoms with Crippen LogP contribution in [-0.2, 0) is 6.61 Å². The lowest BCUT2D eigenvalue weighted by Crippen LogP contribution is -1.96. The minimum absolute atomic E-state index is 0.415. The highest BCUT2D eigenvalue weighted by molar-refractivity contribution is 5.65. The molecule has 4 aromatic rings. The summed E-state index contributed by atoms with van der Waals surface area (Å²) in [6.07, 6.45) is 0. The Bertz CT molecular complexity index is 1090. The maximum atomic E-state index is 5.93. The topological polar surface area (TPSA) is 57.4 Å². The third kappa shape index (κ3) is 3.88. The largest absolute Gasteiger partial charge is 0.496 e. The van der Waals surface area contributed by atoms with Gasteiger partial charge in [-0.2, -0.15) is 4.98 Å². The molecule has 0 spiro atoms. The highest BCUT2D eigenvalue weighted by atomic mass is 16.5. The van der Waals surface area contributed by atoms with Crippen molar-refractivity contribution in [3.8, 4) is 34.3 Å². The molecule has 3 aromatic carbocycles. The lowest BCUT2D eigenvalue weighted by molar-refractivity contribution is 0.306. The second kappa shape index (κ2) is 7.96. The van der Waals surface area contributed by atoms with Crippen LogP contribution in [0.3, 0.4) is 0 Å². The summed E-state index contributed by atoms with van der Waals surface area (Å²) in [4.78, 5) is 4.52. The van der Waals surface area contributed by atoms with E-state index in [0.717, 1.165) is 22.4 Å². The Morgan fingerprint density at radius 2 is 1.79 bits per heavy atom. The third-order valence-corrected chi connectivity index (χ3v) is 4.34. The quantitative estimate of drug-likeness (QED) is 0.460. The van der Waals surface area contributed by atoms with E-state index in [9.17, 15) is 0 Å². The van der Waals surface area contributed by atoms with Crippen molar-refractivity contribution in [2.75, 3.05) is 7.11 Å². The van der Waals surface area contributed by atoms with E-state index in [0.29, 0.717) is 24.1 Å². The first-order valence-corrected chi connectivity index (χ1v) is 8.99. The van der Waals surface area contributed by atoms with Gasteiger partial charge in [0.15, 0.2) is 0 Å². The van der Waals surface area contributed by atoms with Crippen molar-refractivity contribution in [2.45, 2.75) is 13.5 Å². The first-order valence-electron chi connectivity index (χ1n) is 8.99. The van der Waals surface area contributed by atoms with E-state index < -0.39 is 0 Å². The molecule has 0 aliphatic carbocycles. The van der Waals surface area contributed by atoms with Crippen LogP contribution in [0.25, 0.3) is 22.8 Å². The molecule has 0 radical (unpaired) electrons. The SMILES string of the molecule is COc1ccccc1-c1nc(-c2cccc(OCc3cccc(C)c3)c2)no1. The minimum Gasteiger partial charge on any atom is -0.496 e. The molecule has 0 amide bonds. The summed E-state index contributed by atoms with van der Waals surface area (Å²) in [6, 6.07) is 23.5. The summed E-state index contributed by atoms with van der Waals surface area (Å²) < 4.78 is 16.7. The van der Waals surface area contributed by atoms with Gasteiger partial charge in [0, 0.05) is 5.56 Å². The summed E-state index contributed by atoms with van der Waals surface area (Å²) in [5, 5.41) is 4.11. The fraction of sp³-hybridized carbons (Fsp3) is 0.130. The maximum absolute atomic E-state index is 5.93. The molecule has 1 aromatic heterocycles. The van der Waals surface area contributed by atoms with E-state index in [1.165, 1.54) is 5.56 Å². The lowest BCUT2D eigenvalue weighted by atomic mass is 10.1. The normalized spacial score (nSPS) is 10.6. The molecule has 0 aliphatic rings. The van der Waals surface area contributed by atoms with Crippen molar-refractivity contribution in [3.63, 3.8) is 0 Å². The van der Waals surface area contributed by atoms with Gasteiger partial charge in [-0.15, -0.1) is 0 Å². The molecule has 5 heteroatoms. The summed E-state index contributed by atoms with van der Waals surface area (Å²) in [5.41, 5.74) is 3.93. The second-order valence-electron chi connectivity index (χ2n) is 6.43. The fourth-order valence-electron chi connectivity index (χ4n) is 2.97. The zero-order valence-electron chi connectivity index (χ0n) is 15.8. The molecular weight excluding hydrogens is 352 g/mol. The molecule has 0 N–H and O–H groups in total. The van der Waals surface area contributed by atoms with Gasteiger partial charge < -0.3 is 14.0 Å². The second-order valence-corrected chi connectivity index (χ2v) is 6.43. The smallest absolute Gasteiger partial charge is 0.262 e. The molecule has 1 heterocycles. The summed E-state index contributed by atoms with van der Waals surface area (Å²) in [7, 11) is 1.62. The molecule has 0 unspecified atom stereocenters. The number of aryl methyl sites for hydroxylation is 1. The summed E-state index contributed by atoms with van der Waals surface area (Å²) in [6.45, 7) is 2.57. The van der Waals surface area contributed by atoms with E-state index in [-0.39, 0.29) is 0 Å². The zero-order valence-corrected chi connectivity index (χ0v) is 15.8. The highest BCUT2D eigenvalue weighted by Crippen LogP contribution is 2.30. The van der Waals surface area contributed by atoms with Crippen LogP contribution in [0.4, 0.5) is 0 Å². The Hall–Kier alpha value is -3.60. The van der Waals surface area contributed by atoms with Crippen molar-refractivity contribution in [1.29, 1.82) is 0 Å². The van der Waals surface area contributed by atoms with Crippen molar-refractivity contribution < 1.29 is 14.0 Å². The van der Waals surface area contributed by atoms with Crippen LogP contribution in [0.15, 0.2) is 77.3 Å². The number of methoxy groups -OCH3 is 1. The Morgan fingerprint density at radius 1 is 0.929 bits per heavy atom. The van der Waals surface area contributed by atoms with Gasteiger partial charge in [0.1, 0.15) is 18.1 Å². The Morgan fingerprint density at radius 3 is 2.64 bits per heavy atom. The number of ether oxygens (including phenoxy) is 2. The molecule has 0 aliphatic heterocycles. The molecule has 28 heavy (non-hydrogen) atoms. The van der Waals surface area contributed by atoms with Crippen LogP contribution < -0.4 is 9.47 Å². The van der Waals surface area contributed by atoms with Crippen molar-refractivity contribution in [3.05, 3.63) is 83.9 Å². The van der Waals surface area contributed by atoms with Gasteiger partial charge in [-0.25, -0.2) is 0 Å². The number of hydrogen-bond acceptors (Lipinski definition) is 5. The first-order chi connectivity index (χ1) is 13.7. The molecule has 0 bridgehead atoms. The highest BCUT2D eigenvalue weighted by Gasteiger charge is 2.14. The molecule has 0 fully saturated rings. The van der Waals surface area contributed by atoms with Crippen LogP contribution in [0.5, 0.6) is 11.5 Å². The van der Waals surface area contributed by atoms with Crippen molar-refractivity contribution >= 4 is 0 Å². The number of rotatable bonds is 6. The molecule has 0 saturated heterocycles. The molecular formula is C23H20N2O3. The van der Waals surface area contributed by atoms with Crippen LogP contribution in [-0.4, -0.2) is 17.3 Å². The molecule has 5 nitrogen and oxygen atoms in total. The molecule has 4 rings (SSSR count). The lowest BCUT2D eigenvalue weighted by Gasteiger charge is -2.07. The molecule has 140 valence electrons. The van der Waals surface area contributed by atoms with E-state index in [4.69, 9.17) is 14.0 Å². The number of benzene rings is 3. The fourth-order valence-corrected chi connectivity index (χ4v) is 2.97. The maximum Gasteiger partial charge on any atom is 0.262 e. The van der Waals surface area contributed by atoms with Crippen LogP contribution in [0, 0.1) is 6.92 Å². The van der Waals surface area contributed by atoms with Gasteiger partial charge in [-0.3, -0.25) is 0 Å². The molecule has 0 saturated carbocycles. The Balaban J connectivity index is 1.54. The minimum atomic E-state index is 0.415. The average molecular weight is 372 g/mol. The van der Waals surface area contributed by atoms with Crippen molar-refractivity contribution in [2.24, 2.45) is 0 Å². The van der Waals surface area contributed by atoms with E-state index >= 15 is 0 Å². The zero-order chi connectivity index (χ0) is 19.3. The predicted octanol–water partition coefficient (Wildman–Crippen LogP) is 5.30. The van der Waals surface area contributed by atoms with Crippen LogP contribution in [0.2, 0.25) is 0 Å². The number of aromatic nitrogens is 2. The van der Waals surface area contributed by atoms with E-state index in [2.05, 4.69) is 35.3 Å². The number of nitrogens with zero attached hydrogens (tertiary/aromatic N) is 2.